The van der Waals surface area contributed by atoms with Crippen LogP contribution in [0.4, 0.5) is 0 Å². The number of hydrogen-bond donors (Lipinski definition) is 1. The van der Waals surface area contributed by atoms with E-state index >= 15 is 0 Å². The topological polar surface area (TPSA) is 85.3 Å². The second-order valence-electron chi connectivity index (χ2n) is 3.76. The molecule has 5 nitrogen and oxygen atoms in total. The van der Waals surface area contributed by atoms with Gasteiger partial charge in [-0.3, -0.25) is 4.79 Å². The molecule has 1 aliphatic rings. The van der Waals surface area contributed by atoms with Crippen LogP contribution in [-0.4, -0.2) is 19.1 Å². The van der Waals surface area contributed by atoms with E-state index in [2.05, 4.69) is 0 Å². The predicted molar refractivity (Wildman–Crippen MR) is 64.8 cm³/mol. The summed E-state index contributed by atoms with van der Waals surface area (Å²) in [7, 11) is 0. The second kappa shape index (κ2) is 5.23. The Balaban J connectivity index is 2.46. The monoisotopic (exact) mass is 244 g/mol. The first-order valence-electron chi connectivity index (χ1n) is 5.52. The van der Waals surface area contributed by atoms with E-state index < -0.39 is 5.91 Å². The zero-order valence-electron chi connectivity index (χ0n) is 9.68. The third kappa shape index (κ3) is 2.43. The van der Waals surface area contributed by atoms with Crippen molar-refractivity contribution in [3.05, 3.63) is 29.3 Å². The molecule has 0 radical (unpaired) electrons. The van der Waals surface area contributed by atoms with Gasteiger partial charge in [0.2, 0.25) is 0 Å². The molecule has 1 amide bonds. The minimum atomic E-state index is -0.760. The molecule has 0 unspecified atom stereocenters. The molecule has 0 atom stereocenters. The summed E-state index contributed by atoms with van der Waals surface area (Å²) in [4.78, 5) is 11.0. The molecule has 2 rings (SSSR count). The number of carbonyl (C=O) groups is 1. The van der Waals surface area contributed by atoms with Gasteiger partial charge in [0.05, 0.1) is 13.2 Å². The summed E-state index contributed by atoms with van der Waals surface area (Å²) in [6.07, 6.45) is 2.20. The van der Waals surface area contributed by atoms with Gasteiger partial charge in [-0.1, -0.05) is 12.1 Å². The van der Waals surface area contributed by atoms with Gasteiger partial charge in [0.1, 0.15) is 11.6 Å². The normalized spacial score (nSPS) is 14.5. The van der Waals surface area contributed by atoms with E-state index in [1.165, 1.54) is 6.08 Å². The van der Waals surface area contributed by atoms with Crippen LogP contribution in [0.25, 0.3) is 6.08 Å². The fourth-order valence-corrected chi connectivity index (χ4v) is 1.64. The Morgan fingerprint density at radius 1 is 1.39 bits per heavy atom. The van der Waals surface area contributed by atoms with Crippen LogP contribution in [-0.2, 0) is 4.79 Å². The van der Waals surface area contributed by atoms with Crippen LogP contribution in [0.1, 0.15) is 12.0 Å². The first kappa shape index (κ1) is 12.0. The van der Waals surface area contributed by atoms with Crippen LogP contribution in [0.2, 0.25) is 0 Å². The molecule has 0 saturated heterocycles. The van der Waals surface area contributed by atoms with Gasteiger partial charge in [0.15, 0.2) is 11.5 Å². The van der Waals surface area contributed by atoms with Crippen molar-refractivity contribution in [1.82, 2.24) is 0 Å². The lowest BCUT2D eigenvalue weighted by Gasteiger charge is -2.09. The number of nitrogens with two attached hydrogens (primary N) is 1. The van der Waals surface area contributed by atoms with E-state index in [4.69, 9.17) is 20.5 Å². The van der Waals surface area contributed by atoms with Crippen molar-refractivity contribution in [1.29, 1.82) is 5.26 Å². The van der Waals surface area contributed by atoms with Gasteiger partial charge in [-0.15, -0.1) is 0 Å². The molecule has 0 saturated carbocycles. The standard InChI is InChI=1S/C13H12N2O3/c14-8-10(13(15)16)7-9-3-1-4-11-12(9)18-6-2-5-17-11/h1,3-4,7H,2,5-6H2,(H2,15,16)/b10-7-. The zero-order chi connectivity index (χ0) is 13.0. The number of carbonyl (C=O) groups excluding carboxylic acids is 1. The summed E-state index contributed by atoms with van der Waals surface area (Å²) in [5, 5.41) is 8.83. The number of hydrogen-bond acceptors (Lipinski definition) is 4. The van der Waals surface area contributed by atoms with Crippen molar-refractivity contribution in [3.8, 4) is 17.6 Å². The van der Waals surface area contributed by atoms with Crippen molar-refractivity contribution in [2.45, 2.75) is 6.42 Å². The lowest BCUT2D eigenvalue weighted by atomic mass is 10.1. The fourth-order valence-electron chi connectivity index (χ4n) is 1.64. The van der Waals surface area contributed by atoms with E-state index in [0.717, 1.165) is 6.42 Å². The highest BCUT2D eigenvalue weighted by molar-refractivity contribution is 6.01. The number of primary amides is 1. The molecule has 0 aromatic heterocycles. The number of ether oxygens (including phenoxy) is 2. The lowest BCUT2D eigenvalue weighted by Crippen LogP contribution is -2.12. The predicted octanol–water partition coefficient (Wildman–Crippen LogP) is 1.24. The highest BCUT2D eigenvalue weighted by Crippen LogP contribution is 2.34. The molecule has 1 aromatic rings. The Morgan fingerprint density at radius 3 is 2.89 bits per heavy atom. The van der Waals surface area contributed by atoms with Crippen molar-refractivity contribution in [2.75, 3.05) is 13.2 Å². The average molecular weight is 244 g/mol. The van der Waals surface area contributed by atoms with Gasteiger partial charge >= 0.3 is 0 Å². The number of benzene rings is 1. The molecule has 1 aromatic carbocycles. The highest BCUT2D eigenvalue weighted by Gasteiger charge is 2.14. The molecule has 0 bridgehead atoms. The van der Waals surface area contributed by atoms with Crippen molar-refractivity contribution in [3.63, 3.8) is 0 Å². The average Bonchev–Trinajstić information content (AvgIpc) is 2.61. The zero-order valence-corrected chi connectivity index (χ0v) is 9.68. The number of nitrogens with zero attached hydrogens (tertiary/aromatic N) is 1. The first-order valence-corrected chi connectivity index (χ1v) is 5.52. The van der Waals surface area contributed by atoms with Crippen molar-refractivity contribution in [2.24, 2.45) is 5.73 Å². The van der Waals surface area contributed by atoms with Gasteiger partial charge in [-0.25, -0.2) is 0 Å². The number of para-hydroxylation sites is 1. The minimum absolute atomic E-state index is 0.115. The van der Waals surface area contributed by atoms with Crippen LogP contribution in [0.15, 0.2) is 23.8 Å². The summed E-state index contributed by atoms with van der Waals surface area (Å²) in [6, 6.07) is 7.07. The van der Waals surface area contributed by atoms with Gasteiger partial charge in [-0.05, 0) is 12.1 Å². The molecule has 0 fully saturated rings. The Bertz CT molecular complexity index is 544. The van der Waals surface area contributed by atoms with Crippen LogP contribution in [0.5, 0.6) is 11.5 Å². The maximum atomic E-state index is 11.0. The third-order valence-corrected chi connectivity index (χ3v) is 2.49. The van der Waals surface area contributed by atoms with Gasteiger partial charge in [0.25, 0.3) is 5.91 Å². The second-order valence-corrected chi connectivity index (χ2v) is 3.76. The van der Waals surface area contributed by atoms with Crippen molar-refractivity contribution >= 4 is 12.0 Å². The summed E-state index contributed by atoms with van der Waals surface area (Å²) >= 11 is 0. The minimum Gasteiger partial charge on any atom is -0.490 e. The van der Waals surface area contributed by atoms with Crippen LogP contribution >= 0.6 is 0 Å². The molecule has 92 valence electrons. The number of amides is 1. The van der Waals surface area contributed by atoms with E-state index in [1.807, 2.05) is 0 Å². The lowest BCUT2D eigenvalue weighted by molar-refractivity contribution is -0.114. The van der Waals surface area contributed by atoms with E-state index in [0.29, 0.717) is 30.3 Å². The summed E-state index contributed by atoms with van der Waals surface area (Å²) in [6.45, 7) is 1.12. The van der Waals surface area contributed by atoms with Crippen LogP contribution in [0.3, 0.4) is 0 Å². The number of fused-ring (bicyclic) bond motifs is 1. The molecule has 0 aliphatic carbocycles. The van der Waals surface area contributed by atoms with Gasteiger partial charge in [0, 0.05) is 12.0 Å². The van der Waals surface area contributed by atoms with E-state index in [9.17, 15) is 4.79 Å². The molecule has 1 aliphatic heterocycles. The smallest absolute Gasteiger partial charge is 0.259 e. The fraction of sp³-hybridized carbons (Fsp3) is 0.231. The largest absolute Gasteiger partial charge is 0.490 e. The summed E-state index contributed by atoms with van der Waals surface area (Å²) < 4.78 is 11.1. The Kier molecular flexibility index (Phi) is 3.49. The third-order valence-electron chi connectivity index (χ3n) is 2.49. The molecule has 1 heterocycles. The molecule has 5 heteroatoms. The maximum absolute atomic E-state index is 11.0. The molecule has 2 N–H and O–H groups in total. The van der Waals surface area contributed by atoms with Crippen molar-refractivity contribution < 1.29 is 14.3 Å². The number of nitriles is 1. The molecule has 0 spiro atoms. The van der Waals surface area contributed by atoms with Gasteiger partial charge < -0.3 is 15.2 Å². The molecular formula is C13H12N2O3. The Hall–Kier alpha value is -2.48. The number of rotatable bonds is 2. The highest BCUT2D eigenvalue weighted by atomic mass is 16.5. The SMILES string of the molecule is N#C/C(=C/c1cccc2c1OCCCO2)C(N)=O. The van der Waals surface area contributed by atoms with E-state index in [1.54, 1.807) is 24.3 Å². The van der Waals surface area contributed by atoms with Gasteiger partial charge in [-0.2, -0.15) is 5.26 Å². The Morgan fingerprint density at radius 2 is 2.17 bits per heavy atom. The molecular weight excluding hydrogens is 232 g/mol. The van der Waals surface area contributed by atoms with Crippen LogP contribution < -0.4 is 15.2 Å². The first-order chi connectivity index (χ1) is 8.72. The quantitative estimate of drug-likeness (QED) is 0.626. The summed E-state index contributed by atoms with van der Waals surface area (Å²) in [5.41, 5.74) is 5.60. The maximum Gasteiger partial charge on any atom is 0.259 e. The van der Waals surface area contributed by atoms with E-state index in [-0.39, 0.29) is 5.57 Å². The van der Waals surface area contributed by atoms with Crippen LogP contribution in [0, 0.1) is 11.3 Å². The Labute approximate surface area is 104 Å². The summed E-state index contributed by atoms with van der Waals surface area (Å²) in [5.74, 6) is 0.400. The molecule has 18 heavy (non-hydrogen) atoms.